The van der Waals surface area contributed by atoms with Crippen molar-refractivity contribution in [3.63, 3.8) is 0 Å². The molecule has 0 bridgehead atoms. The number of halogens is 1. The number of hydrogen-bond donors (Lipinski definition) is 1. The molecule has 1 N–H and O–H groups in total. The van der Waals surface area contributed by atoms with Crippen molar-refractivity contribution in [3.05, 3.63) is 58.9 Å². The number of benzene rings is 1. The summed E-state index contributed by atoms with van der Waals surface area (Å²) in [6.07, 6.45) is 3.89. The number of likely N-dealkylation sites (tertiary alicyclic amines) is 1. The van der Waals surface area contributed by atoms with Gasteiger partial charge in [-0.15, -0.1) is 0 Å². The Morgan fingerprint density at radius 1 is 1.24 bits per heavy atom. The Kier molecular flexibility index (Phi) is 5.89. The quantitative estimate of drug-likeness (QED) is 0.804. The van der Waals surface area contributed by atoms with Crippen molar-refractivity contribution in [2.45, 2.75) is 18.9 Å². The van der Waals surface area contributed by atoms with Crippen LogP contribution < -0.4 is 10.1 Å². The average molecular weight is 360 g/mol. The van der Waals surface area contributed by atoms with Crippen LogP contribution in [0.1, 0.15) is 34.8 Å². The van der Waals surface area contributed by atoms with E-state index in [4.69, 9.17) is 16.3 Å². The topological polar surface area (TPSA) is 54.5 Å². The first kappa shape index (κ1) is 17.7. The van der Waals surface area contributed by atoms with Gasteiger partial charge in [-0.3, -0.25) is 9.69 Å². The standard InChI is InChI=1S/C19H22ClN3O2/c1-25-16-7-4-14(5-8-16)17(23-10-2-3-11-23)13-22-19(24)15-6-9-18(20)21-12-15/h4-9,12,17H,2-3,10-11,13H2,1H3,(H,22,24)/t17-/m1/s1. The Hall–Kier alpha value is -2.11. The number of carbonyl (C=O) groups is 1. The van der Waals surface area contributed by atoms with E-state index >= 15 is 0 Å². The number of hydrogen-bond acceptors (Lipinski definition) is 4. The highest BCUT2D eigenvalue weighted by molar-refractivity contribution is 6.29. The molecule has 0 aliphatic carbocycles. The Morgan fingerprint density at radius 3 is 2.56 bits per heavy atom. The summed E-state index contributed by atoms with van der Waals surface area (Å²) in [6, 6.07) is 11.5. The van der Waals surface area contributed by atoms with Crippen LogP contribution in [-0.2, 0) is 0 Å². The van der Waals surface area contributed by atoms with Crippen molar-refractivity contribution in [2.24, 2.45) is 0 Å². The third kappa shape index (κ3) is 4.50. The molecule has 3 rings (SSSR count). The van der Waals surface area contributed by atoms with Crippen LogP contribution in [-0.4, -0.2) is 42.5 Å². The van der Waals surface area contributed by atoms with E-state index in [1.54, 1.807) is 19.2 Å². The first-order valence-corrected chi connectivity index (χ1v) is 8.83. The molecule has 1 aromatic heterocycles. The molecule has 0 unspecified atom stereocenters. The van der Waals surface area contributed by atoms with Gasteiger partial charge in [0.1, 0.15) is 10.9 Å². The van der Waals surface area contributed by atoms with Crippen LogP contribution in [0.25, 0.3) is 0 Å². The fourth-order valence-electron chi connectivity index (χ4n) is 3.14. The Labute approximate surface area is 153 Å². The summed E-state index contributed by atoms with van der Waals surface area (Å²) in [6.45, 7) is 2.65. The van der Waals surface area contributed by atoms with E-state index in [-0.39, 0.29) is 11.9 Å². The van der Waals surface area contributed by atoms with Crippen LogP contribution in [0.2, 0.25) is 5.15 Å². The predicted molar refractivity (Wildman–Crippen MR) is 98.1 cm³/mol. The van der Waals surface area contributed by atoms with Crippen LogP contribution in [0.5, 0.6) is 5.75 Å². The lowest BCUT2D eigenvalue weighted by Crippen LogP contribution is -2.36. The first-order chi connectivity index (χ1) is 12.2. The van der Waals surface area contributed by atoms with E-state index in [0.29, 0.717) is 17.3 Å². The second-order valence-electron chi connectivity index (χ2n) is 6.11. The molecule has 1 fully saturated rings. The van der Waals surface area contributed by atoms with Gasteiger partial charge in [-0.25, -0.2) is 4.98 Å². The highest BCUT2D eigenvalue weighted by atomic mass is 35.5. The van der Waals surface area contributed by atoms with Gasteiger partial charge in [0.15, 0.2) is 0 Å². The van der Waals surface area contributed by atoms with Gasteiger partial charge in [-0.1, -0.05) is 23.7 Å². The number of nitrogens with zero attached hydrogens (tertiary/aromatic N) is 2. The van der Waals surface area contributed by atoms with E-state index < -0.39 is 0 Å². The molecule has 25 heavy (non-hydrogen) atoms. The normalized spacial score (nSPS) is 15.8. The predicted octanol–water partition coefficient (Wildman–Crippen LogP) is 3.31. The molecule has 132 valence electrons. The maximum atomic E-state index is 12.4. The molecule has 6 heteroatoms. The Balaban J connectivity index is 1.70. The number of amides is 1. The molecular weight excluding hydrogens is 338 g/mol. The lowest BCUT2D eigenvalue weighted by molar-refractivity contribution is 0.0937. The molecule has 5 nitrogen and oxygen atoms in total. The Morgan fingerprint density at radius 2 is 1.96 bits per heavy atom. The largest absolute Gasteiger partial charge is 0.497 e. The molecule has 1 aliphatic rings. The first-order valence-electron chi connectivity index (χ1n) is 8.45. The summed E-state index contributed by atoms with van der Waals surface area (Å²) < 4.78 is 5.24. The number of nitrogens with one attached hydrogen (secondary N) is 1. The van der Waals surface area contributed by atoms with E-state index in [1.807, 2.05) is 12.1 Å². The maximum Gasteiger partial charge on any atom is 0.252 e. The lowest BCUT2D eigenvalue weighted by atomic mass is 10.0. The van der Waals surface area contributed by atoms with Crippen LogP contribution in [0.4, 0.5) is 0 Å². The monoisotopic (exact) mass is 359 g/mol. The van der Waals surface area contributed by atoms with E-state index in [2.05, 4.69) is 27.3 Å². The molecule has 2 heterocycles. The fourth-order valence-corrected chi connectivity index (χ4v) is 3.25. The van der Waals surface area contributed by atoms with Gasteiger partial charge in [0.05, 0.1) is 18.7 Å². The van der Waals surface area contributed by atoms with Gasteiger partial charge in [-0.2, -0.15) is 0 Å². The molecule has 1 saturated heterocycles. The highest BCUT2D eigenvalue weighted by Gasteiger charge is 2.24. The summed E-state index contributed by atoms with van der Waals surface area (Å²) in [5.74, 6) is 0.696. The molecule has 1 aromatic carbocycles. The van der Waals surface area contributed by atoms with Gasteiger partial charge < -0.3 is 10.1 Å². The summed E-state index contributed by atoms with van der Waals surface area (Å²) in [5, 5.41) is 3.41. The van der Waals surface area contributed by atoms with Gasteiger partial charge in [0.25, 0.3) is 5.91 Å². The van der Waals surface area contributed by atoms with E-state index in [9.17, 15) is 4.79 Å². The third-order valence-corrected chi connectivity index (χ3v) is 4.75. The maximum absolute atomic E-state index is 12.4. The summed E-state index contributed by atoms with van der Waals surface area (Å²) >= 11 is 5.77. The van der Waals surface area contributed by atoms with Crippen molar-refractivity contribution in [2.75, 3.05) is 26.7 Å². The second-order valence-corrected chi connectivity index (χ2v) is 6.50. The second kappa shape index (κ2) is 8.32. The van der Waals surface area contributed by atoms with Crippen molar-refractivity contribution in [1.29, 1.82) is 0 Å². The molecule has 1 atom stereocenters. The molecular formula is C19H22ClN3O2. The van der Waals surface area contributed by atoms with Gasteiger partial charge in [0.2, 0.25) is 0 Å². The summed E-state index contributed by atoms with van der Waals surface area (Å²) in [5.41, 5.74) is 1.69. The minimum absolute atomic E-state index is 0.137. The zero-order valence-electron chi connectivity index (χ0n) is 14.2. The lowest BCUT2D eigenvalue weighted by Gasteiger charge is -2.28. The minimum Gasteiger partial charge on any atom is -0.497 e. The van der Waals surface area contributed by atoms with Gasteiger partial charge in [-0.05, 0) is 55.8 Å². The van der Waals surface area contributed by atoms with Crippen LogP contribution in [0.15, 0.2) is 42.6 Å². The van der Waals surface area contributed by atoms with E-state index in [1.165, 1.54) is 24.6 Å². The molecule has 1 aliphatic heterocycles. The van der Waals surface area contributed by atoms with Crippen molar-refractivity contribution >= 4 is 17.5 Å². The van der Waals surface area contributed by atoms with Gasteiger partial charge >= 0.3 is 0 Å². The highest BCUT2D eigenvalue weighted by Crippen LogP contribution is 2.26. The number of pyridine rings is 1. The minimum atomic E-state index is -0.137. The number of methoxy groups -OCH3 is 1. The zero-order valence-corrected chi connectivity index (χ0v) is 15.0. The molecule has 0 spiro atoms. The number of ether oxygens (including phenoxy) is 1. The van der Waals surface area contributed by atoms with Crippen LogP contribution in [0.3, 0.4) is 0 Å². The van der Waals surface area contributed by atoms with Crippen molar-refractivity contribution < 1.29 is 9.53 Å². The fraction of sp³-hybridized carbons (Fsp3) is 0.368. The van der Waals surface area contributed by atoms with Crippen molar-refractivity contribution in [1.82, 2.24) is 15.2 Å². The van der Waals surface area contributed by atoms with Crippen LogP contribution in [0, 0.1) is 0 Å². The van der Waals surface area contributed by atoms with Crippen molar-refractivity contribution in [3.8, 4) is 5.75 Å². The molecule has 1 amide bonds. The molecule has 2 aromatic rings. The summed E-state index contributed by atoms with van der Waals surface area (Å²) in [4.78, 5) is 18.8. The summed E-state index contributed by atoms with van der Waals surface area (Å²) in [7, 11) is 1.66. The number of rotatable bonds is 6. The molecule has 0 radical (unpaired) electrons. The third-order valence-electron chi connectivity index (χ3n) is 4.53. The SMILES string of the molecule is COc1ccc([C@@H](CNC(=O)c2ccc(Cl)nc2)N2CCCC2)cc1. The average Bonchev–Trinajstić information content (AvgIpc) is 3.17. The number of carbonyl (C=O) groups excluding carboxylic acids is 1. The van der Waals surface area contributed by atoms with E-state index in [0.717, 1.165) is 18.8 Å². The zero-order chi connectivity index (χ0) is 17.6. The number of aromatic nitrogens is 1. The molecule has 0 saturated carbocycles. The van der Waals surface area contributed by atoms with Gasteiger partial charge in [0, 0.05) is 12.7 Å². The smallest absolute Gasteiger partial charge is 0.252 e. The Bertz CT molecular complexity index is 698. The van der Waals surface area contributed by atoms with Crippen LogP contribution >= 0.6 is 11.6 Å².